The first-order valence-electron chi connectivity index (χ1n) is 20.4. The van der Waals surface area contributed by atoms with Gasteiger partial charge in [0.2, 0.25) is 0 Å². The van der Waals surface area contributed by atoms with Crippen LogP contribution in [0.3, 0.4) is 0 Å². The number of phosphoric ester groups is 1. The number of phosphoric acid groups is 1. The van der Waals surface area contributed by atoms with E-state index in [1.165, 1.54) is 25.7 Å². The van der Waals surface area contributed by atoms with Crippen molar-refractivity contribution >= 4 is 19.8 Å². The maximum absolute atomic E-state index is 12.7. The first-order chi connectivity index (χ1) is 26.4. The summed E-state index contributed by atoms with van der Waals surface area (Å²) in [4.78, 5) is 35.4. The number of carbonyl (C=O) groups excluding carboxylic acids is 2. The Morgan fingerprint density at radius 1 is 0.564 bits per heavy atom. The number of unbranched alkanes of at least 4 members (excludes halogenated alkanes) is 12. The van der Waals surface area contributed by atoms with Crippen LogP contribution in [0, 0.1) is 0 Å². The Balaban J connectivity index is 2.50. The highest BCUT2D eigenvalue weighted by molar-refractivity contribution is 7.47. The molecule has 0 aromatic heterocycles. The number of allylic oxidation sites excluding steroid dienone is 8. The van der Waals surface area contributed by atoms with Crippen molar-refractivity contribution in [2.24, 2.45) is 0 Å². The van der Waals surface area contributed by atoms with E-state index < -0.39 is 75.7 Å². The maximum atomic E-state index is 12.7. The average Bonchev–Trinajstić information content (AvgIpc) is 3.16. The smallest absolute Gasteiger partial charge is 0.462 e. The molecule has 1 saturated carbocycles. The van der Waals surface area contributed by atoms with E-state index in [0.29, 0.717) is 12.8 Å². The first-order valence-corrected chi connectivity index (χ1v) is 21.9. The summed E-state index contributed by atoms with van der Waals surface area (Å²) in [6, 6.07) is 0. The number of carbonyl (C=O) groups is 2. The standard InChI is InChI=1S/C41H71O13P/c1-3-5-7-9-11-12-13-14-15-16-17-18-19-20-21-22-24-26-28-30-35(43)53-33(31-51-34(42)29-27-25-23-10-8-6-4-2)32-52-55(49,50)54-41-39(47)37(45)36(44)38(46)40(41)48/h11-12,14-15,17-18,20-21,33,36-41,44-48H,3-10,13,16,19,22-32H2,1-2H3,(H,49,50)/b12-11+,15-14+,18-17+,21-20+/t33-,36?,37-,38?,39?,40?,41?/m1/s1. The van der Waals surface area contributed by atoms with Crippen molar-refractivity contribution in [2.75, 3.05) is 13.2 Å². The van der Waals surface area contributed by atoms with Gasteiger partial charge in [-0.1, -0.05) is 120 Å². The number of hydrogen-bond acceptors (Lipinski definition) is 12. The molecule has 1 rings (SSSR count). The highest BCUT2D eigenvalue weighted by atomic mass is 31.2. The van der Waals surface area contributed by atoms with Gasteiger partial charge in [-0.05, 0) is 57.8 Å². The average molecular weight is 803 g/mol. The molecule has 0 saturated heterocycles. The predicted molar refractivity (Wildman–Crippen MR) is 212 cm³/mol. The van der Waals surface area contributed by atoms with Gasteiger partial charge in [0.1, 0.15) is 43.2 Å². The molecule has 0 spiro atoms. The Bertz CT molecular complexity index is 1160. The summed E-state index contributed by atoms with van der Waals surface area (Å²) < 4.78 is 33.2. The molecular formula is C41H71O13P. The zero-order chi connectivity index (χ0) is 40.7. The van der Waals surface area contributed by atoms with Crippen molar-refractivity contribution in [1.82, 2.24) is 0 Å². The lowest BCUT2D eigenvalue weighted by Crippen LogP contribution is -2.64. The molecule has 1 fully saturated rings. The Morgan fingerprint density at radius 3 is 1.53 bits per heavy atom. The second-order valence-electron chi connectivity index (χ2n) is 14.1. The molecule has 0 amide bonds. The summed E-state index contributed by atoms with van der Waals surface area (Å²) >= 11 is 0. The molecule has 0 aromatic rings. The van der Waals surface area contributed by atoms with Gasteiger partial charge in [-0.2, -0.15) is 0 Å². The molecule has 8 atom stereocenters. The largest absolute Gasteiger partial charge is 0.472 e. The Labute approximate surface area is 329 Å². The molecule has 55 heavy (non-hydrogen) atoms. The molecule has 318 valence electrons. The van der Waals surface area contributed by atoms with E-state index in [2.05, 4.69) is 62.5 Å². The van der Waals surface area contributed by atoms with Crippen molar-refractivity contribution in [3.8, 4) is 0 Å². The maximum Gasteiger partial charge on any atom is 0.472 e. The van der Waals surface area contributed by atoms with Crippen LogP contribution in [-0.4, -0.2) is 98.3 Å². The molecule has 0 aliphatic heterocycles. The van der Waals surface area contributed by atoms with Crippen LogP contribution in [-0.2, 0) is 32.7 Å². The fourth-order valence-corrected chi connectivity index (χ4v) is 6.77. The third kappa shape index (κ3) is 24.9. The molecule has 0 bridgehead atoms. The lowest BCUT2D eigenvalue weighted by Gasteiger charge is -2.41. The van der Waals surface area contributed by atoms with E-state index in [1.54, 1.807) is 0 Å². The van der Waals surface area contributed by atoms with Gasteiger partial charge in [-0.15, -0.1) is 0 Å². The molecule has 0 aromatic carbocycles. The van der Waals surface area contributed by atoms with Gasteiger partial charge < -0.3 is 39.9 Å². The highest BCUT2D eigenvalue weighted by Crippen LogP contribution is 2.47. The normalized spacial score (nSPS) is 23.6. The summed E-state index contributed by atoms with van der Waals surface area (Å²) in [5, 5.41) is 49.9. The Morgan fingerprint density at radius 2 is 0.982 bits per heavy atom. The lowest BCUT2D eigenvalue weighted by molar-refractivity contribution is -0.220. The van der Waals surface area contributed by atoms with E-state index >= 15 is 0 Å². The quantitative estimate of drug-likeness (QED) is 0.0179. The predicted octanol–water partition coefficient (Wildman–Crippen LogP) is 6.83. The molecule has 0 heterocycles. The molecule has 6 N–H and O–H groups in total. The molecule has 14 heteroatoms. The molecule has 13 nitrogen and oxygen atoms in total. The van der Waals surface area contributed by atoms with Crippen molar-refractivity contribution in [2.45, 2.75) is 185 Å². The van der Waals surface area contributed by atoms with Crippen LogP contribution in [0.15, 0.2) is 48.6 Å². The summed E-state index contributed by atoms with van der Waals surface area (Å²) in [7, 11) is -5.12. The van der Waals surface area contributed by atoms with Crippen LogP contribution in [0.4, 0.5) is 0 Å². The number of esters is 2. The van der Waals surface area contributed by atoms with Gasteiger partial charge >= 0.3 is 19.8 Å². The monoisotopic (exact) mass is 802 g/mol. The van der Waals surface area contributed by atoms with Gasteiger partial charge in [-0.25, -0.2) is 4.57 Å². The van der Waals surface area contributed by atoms with Gasteiger partial charge in [0.15, 0.2) is 6.10 Å². The minimum absolute atomic E-state index is 0.0585. The van der Waals surface area contributed by atoms with Gasteiger partial charge in [-0.3, -0.25) is 18.6 Å². The topological polar surface area (TPSA) is 210 Å². The first kappa shape index (κ1) is 50.8. The third-order valence-corrected chi connectivity index (χ3v) is 10.2. The van der Waals surface area contributed by atoms with E-state index in [0.717, 1.165) is 77.0 Å². The minimum Gasteiger partial charge on any atom is -0.462 e. The fraction of sp³-hybridized carbons (Fsp3) is 0.756. The zero-order valence-corrected chi connectivity index (χ0v) is 34.1. The molecule has 1 aliphatic rings. The van der Waals surface area contributed by atoms with Gasteiger partial charge in [0, 0.05) is 12.8 Å². The number of aliphatic hydroxyl groups is 5. The van der Waals surface area contributed by atoms with E-state index in [-0.39, 0.29) is 12.8 Å². The Kier molecular flexibility index (Phi) is 29.4. The van der Waals surface area contributed by atoms with Crippen molar-refractivity contribution < 1.29 is 63.1 Å². The highest BCUT2D eigenvalue weighted by Gasteiger charge is 2.51. The summed E-state index contributed by atoms with van der Waals surface area (Å²) in [5.74, 6) is -1.15. The van der Waals surface area contributed by atoms with E-state index in [1.807, 2.05) is 0 Å². The van der Waals surface area contributed by atoms with Crippen LogP contribution in [0.5, 0.6) is 0 Å². The zero-order valence-electron chi connectivity index (χ0n) is 33.2. The van der Waals surface area contributed by atoms with Crippen LogP contribution >= 0.6 is 7.82 Å². The summed E-state index contributed by atoms with van der Waals surface area (Å²) in [6.07, 6.45) is 22.1. The number of rotatable bonds is 32. The SMILES string of the molecule is CCCCC/C=C/C/C=C/C/C=C/C/C=C/CCCCCC(=O)O[C@H](COC(=O)CCCCCCCCC)COP(=O)(O)OC1C(O)C(O)C(O)[C@@H](O)C1O. The van der Waals surface area contributed by atoms with Gasteiger partial charge in [0.25, 0.3) is 0 Å². The third-order valence-electron chi connectivity index (χ3n) is 9.17. The summed E-state index contributed by atoms with van der Waals surface area (Å²) in [6.45, 7) is 3.15. The van der Waals surface area contributed by atoms with Crippen molar-refractivity contribution in [3.05, 3.63) is 48.6 Å². The number of hydrogen-bond donors (Lipinski definition) is 6. The lowest BCUT2D eigenvalue weighted by atomic mass is 9.85. The second-order valence-corrected chi connectivity index (χ2v) is 15.5. The van der Waals surface area contributed by atoms with Crippen LogP contribution in [0.2, 0.25) is 0 Å². The number of aliphatic hydroxyl groups excluding tert-OH is 5. The summed E-state index contributed by atoms with van der Waals surface area (Å²) in [5.41, 5.74) is 0. The molecule has 1 aliphatic carbocycles. The van der Waals surface area contributed by atoms with Crippen molar-refractivity contribution in [3.63, 3.8) is 0 Å². The van der Waals surface area contributed by atoms with E-state index in [9.17, 15) is 44.6 Å². The number of ether oxygens (including phenoxy) is 2. The minimum atomic E-state index is -5.12. The Hall–Kier alpha value is -2.19. The molecule has 0 radical (unpaired) electrons. The molecule has 6 unspecified atom stereocenters. The molecular weight excluding hydrogens is 731 g/mol. The van der Waals surface area contributed by atoms with Crippen LogP contribution < -0.4 is 0 Å². The van der Waals surface area contributed by atoms with E-state index in [4.69, 9.17) is 18.5 Å². The van der Waals surface area contributed by atoms with Crippen LogP contribution in [0.25, 0.3) is 0 Å². The van der Waals surface area contributed by atoms with Crippen molar-refractivity contribution in [1.29, 1.82) is 0 Å². The van der Waals surface area contributed by atoms with Gasteiger partial charge in [0.05, 0.1) is 6.61 Å². The van der Waals surface area contributed by atoms with Crippen LogP contribution in [0.1, 0.15) is 142 Å². The second kappa shape index (κ2) is 31.8. The fourth-order valence-electron chi connectivity index (χ4n) is 5.80.